The SMILES string of the molecule is Cc1cc(C(C)C)nnc1NCc1ccc(C(F)(F)F)cc1. The van der Waals surface area contributed by atoms with E-state index in [9.17, 15) is 13.2 Å². The molecule has 6 heteroatoms. The maximum absolute atomic E-state index is 12.5. The van der Waals surface area contributed by atoms with Crippen LogP contribution < -0.4 is 5.32 Å². The molecule has 1 N–H and O–H groups in total. The zero-order valence-corrected chi connectivity index (χ0v) is 12.7. The Morgan fingerprint density at radius 2 is 1.73 bits per heavy atom. The van der Waals surface area contributed by atoms with Crippen LogP contribution in [-0.4, -0.2) is 10.2 Å². The number of hydrogen-bond acceptors (Lipinski definition) is 3. The molecular weight excluding hydrogens is 291 g/mol. The Kier molecular flexibility index (Phi) is 4.68. The van der Waals surface area contributed by atoms with Crippen molar-refractivity contribution in [2.75, 3.05) is 5.32 Å². The molecule has 3 nitrogen and oxygen atoms in total. The molecule has 0 aliphatic rings. The first kappa shape index (κ1) is 16.3. The van der Waals surface area contributed by atoms with Gasteiger partial charge in [-0.3, -0.25) is 0 Å². The molecule has 0 radical (unpaired) electrons. The van der Waals surface area contributed by atoms with E-state index in [1.54, 1.807) is 0 Å². The van der Waals surface area contributed by atoms with Gasteiger partial charge < -0.3 is 5.32 Å². The molecule has 2 rings (SSSR count). The van der Waals surface area contributed by atoms with E-state index in [0.29, 0.717) is 18.3 Å². The van der Waals surface area contributed by atoms with Crippen LogP contribution in [0.1, 0.15) is 42.1 Å². The first-order chi connectivity index (χ1) is 10.3. The summed E-state index contributed by atoms with van der Waals surface area (Å²) in [6.45, 7) is 6.40. The summed E-state index contributed by atoms with van der Waals surface area (Å²) in [6.07, 6.45) is -4.30. The number of anilines is 1. The zero-order valence-electron chi connectivity index (χ0n) is 12.7. The van der Waals surface area contributed by atoms with Crippen molar-refractivity contribution in [2.45, 2.75) is 39.4 Å². The lowest BCUT2D eigenvalue weighted by molar-refractivity contribution is -0.137. The van der Waals surface area contributed by atoms with Crippen molar-refractivity contribution in [1.82, 2.24) is 10.2 Å². The van der Waals surface area contributed by atoms with Crippen LogP contribution in [0, 0.1) is 6.92 Å². The van der Waals surface area contributed by atoms with Crippen molar-refractivity contribution in [2.24, 2.45) is 0 Å². The molecule has 0 fully saturated rings. The van der Waals surface area contributed by atoms with Gasteiger partial charge in [0.1, 0.15) is 0 Å². The standard InChI is InChI=1S/C16H18F3N3/c1-10(2)14-8-11(3)15(22-21-14)20-9-12-4-6-13(7-5-12)16(17,18)19/h4-8,10H,9H2,1-3H3,(H,20,22). The van der Waals surface area contributed by atoms with E-state index in [2.05, 4.69) is 15.5 Å². The lowest BCUT2D eigenvalue weighted by atomic mass is 10.1. The molecule has 0 saturated heterocycles. The minimum absolute atomic E-state index is 0.301. The van der Waals surface area contributed by atoms with Gasteiger partial charge in [0, 0.05) is 6.54 Å². The van der Waals surface area contributed by atoms with Crippen molar-refractivity contribution >= 4 is 5.82 Å². The normalized spacial score (nSPS) is 11.8. The van der Waals surface area contributed by atoms with E-state index in [-0.39, 0.29) is 0 Å². The zero-order chi connectivity index (χ0) is 16.3. The Balaban J connectivity index is 2.04. The van der Waals surface area contributed by atoms with Gasteiger partial charge in [-0.1, -0.05) is 26.0 Å². The van der Waals surface area contributed by atoms with Gasteiger partial charge in [0.2, 0.25) is 0 Å². The van der Waals surface area contributed by atoms with Crippen LogP contribution in [0.25, 0.3) is 0 Å². The molecule has 1 aromatic carbocycles. The van der Waals surface area contributed by atoms with Gasteiger partial charge in [0.25, 0.3) is 0 Å². The number of alkyl halides is 3. The van der Waals surface area contributed by atoms with Crippen LogP contribution in [-0.2, 0) is 12.7 Å². The fourth-order valence-corrected chi connectivity index (χ4v) is 1.96. The number of aryl methyl sites for hydroxylation is 1. The number of aromatic nitrogens is 2. The quantitative estimate of drug-likeness (QED) is 0.901. The van der Waals surface area contributed by atoms with Crippen molar-refractivity contribution in [1.29, 1.82) is 0 Å². The third kappa shape index (κ3) is 3.96. The average Bonchev–Trinajstić information content (AvgIpc) is 2.45. The number of nitrogens with zero attached hydrogens (tertiary/aromatic N) is 2. The van der Waals surface area contributed by atoms with Gasteiger partial charge >= 0.3 is 6.18 Å². The topological polar surface area (TPSA) is 37.8 Å². The molecule has 2 aromatic rings. The molecule has 1 aromatic heterocycles. The monoisotopic (exact) mass is 309 g/mol. The summed E-state index contributed by atoms with van der Waals surface area (Å²) in [5.74, 6) is 0.944. The van der Waals surface area contributed by atoms with Crippen LogP contribution >= 0.6 is 0 Å². The molecule has 0 atom stereocenters. The molecule has 0 spiro atoms. The Bertz CT molecular complexity index is 634. The Hall–Kier alpha value is -2.11. The Morgan fingerprint density at radius 1 is 1.09 bits per heavy atom. The number of halogens is 3. The van der Waals surface area contributed by atoms with Gasteiger partial charge in [-0.15, -0.1) is 5.10 Å². The Morgan fingerprint density at radius 3 is 2.23 bits per heavy atom. The minimum atomic E-state index is -4.30. The molecule has 0 bridgehead atoms. The number of benzene rings is 1. The van der Waals surface area contributed by atoms with Crippen molar-refractivity contribution in [3.63, 3.8) is 0 Å². The lowest BCUT2D eigenvalue weighted by Gasteiger charge is -2.11. The lowest BCUT2D eigenvalue weighted by Crippen LogP contribution is -2.08. The largest absolute Gasteiger partial charge is 0.416 e. The van der Waals surface area contributed by atoms with E-state index >= 15 is 0 Å². The molecule has 0 unspecified atom stereocenters. The highest BCUT2D eigenvalue weighted by atomic mass is 19.4. The molecular formula is C16H18F3N3. The van der Waals surface area contributed by atoms with Crippen LogP contribution in [0.4, 0.5) is 19.0 Å². The third-order valence-electron chi connectivity index (χ3n) is 3.34. The van der Waals surface area contributed by atoms with Gasteiger partial charge in [0.05, 0.1) is 11.3 Å². The fraction of sp³-hybridized carbons (Fsp3) is 0.375. The number of rotatable bonds is 4. The minimum Gasteiger partial charge on any atom is -0.364 e. The van der Waals surface area contributed by atoms with Gasteiger partial charge in [-0.25, -0.2) is 0 Å². The predicted molar refractivity (Wildman–Crippen MR) is 79.6 cm³/mol. The highest BCUT2D eigenvalue weighted by molar-refractivity contribution is 5.43. The molecule has 118 valence electrons. The molecule has 0 saturated carbocycles. The van der Waals surface area contributed by atoms with Crippen molar-refractivity contribution in [3.05, 3.63) is 52.7 Å². The van der Waals surface area contributed by atoms with Crippen LogP contribution in [0.15, 0.2) is 30.3 Å². The summed E-state index contributed by atoms with van der Waals surface area (Å²) in [7, 11) is 0. The van der Waals surface area contributed by atoms with E-state index in [0.717, 1.165) is 29.0 Å². The Labute approximate surface area is 127 Å². The average molecular weight is 309 g/mol. The number of hydrogen-bond donors (Lipinski definition) is 1. The summed E-state index contributed by atoms with van der Waals surface area (Å²) in [4.78, 5) is 0. The van der Waals surface area contributed by atoms with E-state index in [1.807, 2.05) is 26.8 Å². The van der Waals surface area contributed by atoms with Gasteiger partial charge in [-0.2, -0.15) is 18.3 Å². The fourth-order valence-electron chi connectivity index (χ4n) is 1.96. The first-order valence-corrected chi connectivity index (χ1v) is 7.01. The van der Waals surface area contributed by atoms with Crippen LogP contribution in [0.5, 0.6) is 0 Å². The second-order valence-corrected chi connectivity index (χ2v) is 5.50. The van der Waals surface area contributed by atoms with E-state index < -0.39 is 11.7 Å². The van der Waals surface area contributed by atoms with Crippen molar-refractivity contribution in [3.8, 4) is 0 Å². The summed E-state index contributed by atoms with van der Waals surface area (Å²) < 4.78 is 37.5. The summed E-state index contributed by atoms with van der Waals surface area (Å²) in [6, 6.07) is 7.05. The summed E-state index contributed by atoms with van der Waals surface area (Å²) in [5, 5.41) is 11.4. The second-order valence-electron chi connectivity index (χ2n) is 5.50. The third-order valence-corrected chi connectivity index (χ3v) is 3.34. The highest BCUT2D eigenvalue weighted by Gasteiger charge is 2.29. The predicted octanol–water partition coefficient (Wildman–Crippen LogP) is 4.54. The maximum atomic E-state index is 12.5. The highest BCUT2D eigenvalue weighted by Crippen LogP contribution is 2.29. The molecule has 1 heterocycles. The molecule has 22 heavy (non-hydrogen) atoms. The maximum Gasteiger partial charge on any atom is 0.416 e. The van der Waals surface area contributed by atoms with Crippen LogP contribution in [0.2, 0.25) is 0 Å². The first-order valence-electron chi connectivity index (χ1n) is 7.01. The van der Waals surface area contributed by atoms with Gasteiger partial charge in [0.15, 0.2) is 5.82 Å². The van der Waals surface area contributed by atoms with E-state index in [1.165, 1.54) is 12.1 Å². The van der Waals surface area contributed by atoms with Gasteiger partial charge in [-0.05, 0) is 42.2 Å². The molecule has 0 aliphatic carbocycles. The summed E-state index contributed by atoms with van der Waals surface area (Å²) >= 11 is 0. The van der Waals surface area contributed by atoms with Crippen LogP contribution in [0.3, 0.4) is 0 Å². The smallest absolute Gasteiger partial charge is 0.364 e. The summed E-state index contributed by atoms with van der Waals surface area (Å²) in [5.41, 5.74) is 1.99. The van der Waals surface area contributed by atoms with E-state index in [4.69, 9.17) is 0 Å². The van der Waals surface area contributed by atoms with Crippen molar-refractivity contribution < 1.29 is 13.2 Å². The number of nitrogens with one attached hydrogen (secondary N) is 1. The second kappa shape index (κ2) is 6.34. The molecule has 0 amide bonds. The molecule has 0 aliphatic heterocycles.